The number of rotatable bonds is 13. The van der Waals surface area contributed by atoms with Crippen LogP contribution in [0.1, 0.15) is 75.0 Å². The van der Waals surface area contributed by atoms with Crippen LogP contribution in [0.25, 0.3) is 0 Å². The maximum absolute atomic E-state index is 12.5. The molecule has 2 heterocycles. The fraction of sp³-hybridized carbons (Fsp3) is 0.490. The van der Waals surface area contributed by atoms with Gasteiger partial charge in [-0.15, -0.1) is 0 Å². The van der Waals surface area contributed by atoms with Crippen LogP contribution in [0.2, 0.25) is 0 Å². The Balaban J connectivity index is 0.000000158. The van der Waals surface area contributed by atoms with Crippen LogP contribution in [0, 0.1) is 5.92 Å². The number of anilines is 1. The molecule has 4 aromatic carbocycles. The molecule has 2 bridgehead atoms. The fourth-order valence-electron chi connectivity index (χ4n) is 10.1. The summed E-state index contributed by atoms with van der Waals surface area (Å²) in [7, 11) is 5.64. The summed E-state index contributed by atoms with van der Waals surface area (Å²) in [5, 5.41) is 9.42. The number of aliphatic hydroxyl groups excluding tert-OH is 1. The normalized spacial score (nSPS) is 21.2. The summed E-state index contributed by atoms with van der Waals surface area (Å²) in [4.78, 5) is 30.0. The fourth-order valence-corrected chi connectivity index (χ4v) is 10.1. The van der Waals surface area contributed by atoms with Gasteiger partial charge in [0, 0.05) is 49.2 Å². The van der Waals surface area contributed by atoms with Crippen LogP contribution in [0.3, 0.4) is 0 Å². The second-order valence-corrected chi connectivity index (χ2v) is 17.0. The summed E-state index contributed by atoms with van der Waals surface area (Å²) in [6.45, 7) is 6.22. The van der Waals surface area contributed by atoms with Crippen LogP contribution in [0.5, 0.6) is 17.2 Å². The Morgan fingerprint density at radius 3 is 2.21 bits per heavy atom. The van der Waals surface area contributed by atoms with Gasteiger partial charge in [-0.2, -0.15) is 0 Å². The molecule has 0 aromatic heterocycles. The van der Waals surface area contributed by atoms with Crippen molar-refractivity contribution in [3.8, 4) is 17.2 Å². The summed E-state index contributed by atoms with van der Waals surface area (Å²) in [5.41, 5.74) is 10.9. The monoisotopic (exact) mass is 849 g/mol. The van der Waals surface area contributed by atoms with E-state index in [1.165, 1.54) is 57.7 Å². The Bertz CT molecular complexity index is 1990. The number of aliphatic hydroxyl groups is 1. The van der Waals surface area contributed by atoms with E-state index in [9.17, 15) is 14.7 Å². The molecule has 3 fully saturated rings. The number of amides is 2. The Morgan fingerprint density at radius 2 is 1.53 bits per heavy atom. The molecule has 1 saturated carbocycles. The zero-order chi connectivity index (χ0) is 43.9. The number of para-hydroxylation sites is 3. The van der Waals surface area contributed by atoms with Gasteiger partial charge in [0.2, 0.25) is 5.91 Å². The highest BCUT2D eigenvalue weighted by molar-refractivity contribution is 5.93. The number of hydrogen-bond acceptors (Lipinski definition) is 9. The molecule has 2 amide bonds. The molecule has 2 aliphatic heterocycles. The SMILES string of the molecule is CCC(=O)N(c1ccccc1)C1CCN(CCc2ccccc2)CC1.COc1ccc2c(c1)[C@@]13CCCC[C@@H]1[C@@H](C2)N(C)CC3.COc1ccccc1OCC(O)COC(N)=O. The van der Waals surface area contributed by atoms with Crippen molar-refractivity contribution in [3.05, 3.63) is 120 Å². The van der Waals surface area contributed by atoms with Gasteiger partial charge in [0.1, 0.15) is 25.1 Å². The quantitative estimate of drug-likeness (QED) is 0.138. The van der Waals surface area contributed by atoms with Crippen molar-refractivity contribution in [3.63, 3.8) is 0 Å². The molecule has 0 spiro atoms. The smallest absolute Gasteiger partial charge is 0.404 e. The number of nitrogens with zero attached hydrogens (tertiary/aromatic N) is 3. The molecule has 62 heavy (non-hydrogen) atoms. The van der Waals surface area contributed by atoms with Crippen molar-refractivity contribution in [1.82, 2.24) is 9.80 Å². The topological polar surface area (TPSA) is 127 Å². The van der Waals surface area contributed by atoms with E-state index < -0.39 is 12.2 Å². The average Bonchev–Trinajstić information content (AvgIpc) is 3.32. The molecular formula is C51H68N4O7. The number of likely N-dealkylation sites (tertiary alicyclic amines) is 2. The Morgan fingerprint density at radius 1 is 0.839 bits per heavy atom. The van der Waals surface area contributed by atoms with Crippen molar-refractivity contribution in [2.75, 3.05) is 65.6 Å². The van der Waals surface area contributed by atoms with E-state index in [0.717, 1.165) is 62.3 Å². The number of nitrogens with two attached hydrogens (primary N) is 1. The van der Waals surface area contributed by atoms with Crippen LogP contribution in [-0.2, 0) is 27.8 Å². The second kappa shape index (κ2) is 22.8. The van der Waals surface area contributed by atoms with E-state index >= 15 is 0 Å². The predicted molar refractivity (Wildman–Crippen MR) is 245 cm³/mol. The Kier molecular flexibility index (Phi) is 17.1. The summed E-state index contributed by atoms with van der Waals surface area (Å²) < 4.78 is 20.3. The maximum atomic E-state index is 12.5. The summed E-state index contributed by atoms with van der Waals surface area (Å²) >= 11 is 0. The number of fused-ring (bicyclic) bond motifs is 1. The summed E-state index contributed by atoms with van der Waals surface area (Å²) in [6.07, 6.45) is 10.1. The van der Waals surface area contributed by atoms with Gasteiger partial charge in [-0.05, 0) is 118 Å². The zero-order valence-electron chi connectivity index (χ0n) is 37.3. The molecule has 2 aliphatic carbocycles. The first-order chi connectivity index (χ1) is 30.1. The van der Waals surface area contributed by atoms with Crippen LogP contribution in [-0.4, -0.2) is 106 Å². The third-order valence-corrected chi connectivity index (χ3v) is 13.3. The molecule has 0 radical (unpaired) electrons. The van der Waals surface area contributed by atoms with Gasteiger partial charge >= 0.3 is 6.09 Å². The molecule has 1 unspecified atom stereocenters. The molecular weight excluding hydrogens is 781 g/mol. The number of hydrogen-bond donors (Lipinski definition) is 2. The van der Waals surface area contributed by atoms with Crippen LogP contribution in [0.15, 0.2) is 103 Å². The lowest BCUT2D eigenvalue weighted by molar-refractivity contribution is -0.119. The van der Waals surface area contributed by atoms with Gasteiger partial charge in [0.15, 0.2) is 11.5 Å². The minimum absolute atomic E-state index is 0.0202. The van der Waals surface area contributed by atoms with Gasteiger partial charge in [0.05, 0.1) is 14.2 Å². The number of carbonyl (C=O) groups is 2. The van der Waals surface area contributed by atoms with Crippen molar-refractivity contribution in [1.29, 1.82) is 0 Å². The van der Waals surface area contributed by atoms with E-state index in [2.05, 4.69) is 82.2 Å². The molecule has 4 atom stereocenters. The first-order valence-electron chi connectivity index (χ1n) is 22.5. The number of likely N-dealkylation sites (N-methyl/N-ethyl adjacent to an activating group) is 1. The number of methoxy groups -OCH3 is 2. The highest BCUT2D eigenvalue weighted by Gasteiger charge is 2.53. The minimum atomic E-state index is -0.938. The zero-order valence-corrected chi connectivity index (χ0v) is 37.3. The van der Waals surface area contributed by atoms with Crippen molar-refractivity contribution < 1.29 is 33.6 Å². The van der Waals surface area contributed by atoms with Crippen LogP contribution >= 0.6 is 0 Å². The molecule has 4 aromatic rings. The lowest BCUT2D eigenvalue weighted by Gasteiger charge is -2.58. The van der Waals surface area contributed by atoms with E-state index in [0.29, 0.717) is 29.4 Å². The molecule has 2 saturated heterocycles. The van der Waals surface area contributed by atoms with Gasteiger partial charge in [0.25, 0.3) is 0 Å². The van der Waals surface area contributed by atoms with Gasteiger partial charge in [-0.1, -0.05) is 86.5 Å². The van der Waals surface area contributed by atoms with E-state index in [1.54, 1.807) is 42.5 Å². The first-order valence-corrected chi connectivity index (χ1v) is 22.5. The highest BCUT2D eigenvalue weighted by Crippen LogP contribution is 2.56. The lowest BCUT2D eigenvalue weighted by atomic mass is 9.52. The standard InChI is InChI=1S/C22H28N2O.C18H25NO.C11H15NO5/c1-2-22(25)24(20-11-7-4-8-12-20)21-14-17-23(18-15-21)16-13-19-9-5-3-6-10-19;1-19-10-9-18-8-4-3-5-15(18)17(19)11-13-6-7-14(20-2)12-16(13)18;1-15-9-4-2-3-5-10(9)16-6-8(13)7-17-11(12)14/h3-12,21H,2,13-18H2,1H3;6-7,12,15,17H,3-5,8-11H2,1-2H3;2-5,8,13H,6-7H2,1H3,(H2,12,14)/t;15-,17-,18-;/m.1./s1. The second-order valence-electron chi connectivity index (χ2n) is 17.0. The molecule has 8 rings (SSSR count). The van der Waals surface area contributed by atoms with E-state index in [1.807, 2.05) is 30.0 Å². The predicted octanol–water partition coefficient (Wildman–Crippen LogP) is 8.05. The number of piperidine rings is 2. The van der Waals surface area contributed by atoms with E-state index in [4.69, 9.17) is 19.9 Å². The molecule has 11 heteroatoms. The maximum Gasteiger partial charge on any atom is 0.404 e. The van der Waals surface area contributed by atoms with Gasteiger partial charge in [-0.25, -0.2) is 4.79 Å². The molecule has 3 N–H and O–H groups in total. The third-order valence-electron chi connectivity index (χ3n) is 13.3. The van der Waals surface area contributed by atoms with Crippen molar-refractivity contribution in [2.24, 2.45) is 11.7 Å². The average molecular weight is 849 g/mol. The van der Waals surface area contributed by atoms with Crippen molar-refractivity contribution >= 4 is 17.7 Å². The number of benzene rings is 4. The van der Waals surface area contributed by atoms with Gasteiger partial charge in [-0.3, -0.25) is 4.79 Å². The van der Waals surface area contributed by atoms with Crippen molar-refractivity contribution in [2.45, 2.75) is 94.7 Å². The first kappa shape index (κ1) is 46.4. The minimum Gasteiger partial charge on any atom is -0.497 e. The van der Waals surface area contributed by atoms with Crippen LogP contribution in [0.4, 0.5) is 10.5 Å². The largest absolute Gasteiger partial charge is 0.497 e. The summed E-state index contributed by atoms with van der Waals surface area (Å²) in [5.74, 6) is 3.21. The van der Waals surface area contributed by atoms with Crippen LogP contribution < -0.4 is 24.8 Å². The summed E-state index contributed by atoms with van der Waals surface area (Å²) in [6, 6.07) is 35.8. The van der Waals surface area contributed by atoms with E-state index in [-0.39, 0.29) is 19.1 Å². The number of primary amides is 1. The highest BCUT2D eigenvalue weighted by atomic mass is 16.6. The Labute approximate surface area is 369 Å². The number of ether oxygens (including phenoxy) is 4. The molecule has 11 nitrogen and oxygen atoms in total. The number of carbonyl (C=O) groups excluding carboxylic acids is 2. The Hall–Kier alpha value is -5.10. The molecule has 4 aliphatic rings. The molecule has 334 valence electrons. The third kappa shape index (κ3) is 11.9. The van der Waals surface area contributed by atoms with Gasteiger partial charge < -0.3 is 44.5 Å². The lowest BCUT2D eigenvalue weighted by Crippen LogP contribution is -2.59.